The van der Waals surface area contributed by atoms with Crippen LogP contribution in [0.3, 0.4) is 0 Å². The van der Waals surface area contributed by atoms with Gasteiger partial charge in [0.05, 0.1) is 6.04 Å². The van der Waals surface area contributed by atoms with Crippen molar-refractivity contribution >= 4 is 11.4 Å². The van der Waals surface area contributed by atoms with Crippen molar-refractivity contribution in [3.8, 4) is 0 Å². The van der Waals surface area contributed by atoms with E-state index in [4.69, 9.17) is 0 Å². The van der Waals surface area contributed by atoms with E-state index in [1.807, 2.05) is 12.1 Å². The highest BCUT2D eigenvalue weighted by Gasteiger charge is 2.23. The molecule has 1 atom stereocenters. The van der Waals surface area contributed by atoms with Crippen molar-refractivity contribution in [3.05, 3.63) is 69.4 Å². The molecule has 2 aromatic heterocycles. The molecule has 0 bridgehead atoms. The summed E-state index contributed by atoms with van der Waals surface area (Å²) in [6.07, 6.45) is 4.71. The molecule has 122 valence electrons. The van der Waals surface area contributed by atoms with Gasteiger partial charge in [0.1, 0.15) is 5.52 Å². The highest BCUT2D eigenvalue weighted by Crippen LogP contribution is 2.29. The summed E-state index contributed by atoms with van der Waals surface area (Å²) in [7, 11) is 0. The molecule has 2 N–H and O–H groups in total. The van der Waals surface area contributed by atoms with Crippen molar-refractivity contribution in [1.82, 2.24) is 19.9 Å². The first-order valence-corrected chi connectivity index (χ1v) is 8.10. The van der Waals surface area contributed by atoms with E-state index in [0.29, 0.717) is 11.2 Å². The van der Waals surface area contributed by atoms with Crippen LogP contribution in [0.2, 0.25) is 0 Å². The molecule has 0 spiro atoms. The van der Waals surface area contributed by atoms with Crippen molar-refractivity contribution in [2.24, 2.45) is 0 Å². The molecule has 0 unspecified atom stereocenters. The van der Waals surface area contributed by atoms with E-state index in [-0.39, 0.29) is 23.2 Å². The average molecular weight is 322 g/mol. The van der Waals surface area contributed by atoms with Crippen LogP contribution < -0.4 is 10.9 Å². The SMILES string of the molecule is Cc1cn2nc(C(=O)N[C@H]3CCCc4ccccc43)cc2c(=O)[nH]1. The first-order valence-electron chi connectivity index (χ1n) is 8.10. The minimum atomic E-state index is -0.252. The normalized spacial score (nSPS) is 16.8. The Morgan fingerprint density at radius 3 is 3.08 bits per heavy atom. The lowest BCUT2D eigenvalue weighted by Crippen LogP contribution is -2.31. The Labute approximate surface area is 138 Å². The van der Waals surface area contributed by atoms with Crippen molar-refractivity contribution in [2.75, 3.05) is 0 Å². The van der Waals surface area contributed by atoms with Crippen molar-refractivity contribution in [2.45, 2.75) is 32.2 Å². The van der Waals surface area contributed by atoms with Gasteiger partial charge in [0.2, 0.25) is 0 Å². The Hall–Kier alpha value is -2.89. The number of aromatic nitrogens is 3. The van der Waals surface area contributed by atoms with Crippen LogP contribution in [-0.4, -0.2) is 20.5 Å². The van der Waals surface area contributed by atoms with Gasteiger partial charge in [-0.05, 0) is 37.3 Å². The summed E-state index contributed by atoms with van der Waals surface area (Å²) in [5.74, 6) is -0.252. The fourth-order valence-corrected chi connectivity index (χ4v) is 3.37. The Morgan fingerprint density at radius 2 is 2.21 bits per heavy atom. The minimum Gasteiger partial charge on any atom is -0.344 e. The van der Waals surface area contributed by atoms with E-state index in [1.54, 1.807) is 13.1 Å². The number of aryl methyl sites for hydroxylation is 2. The Balaban J connectivity index is 1.64. The topological polar surface area (TPSA) is 79.3 Å². The summed E-state index contributed by atoms with van der Waals surface area (Å²) in [5, 5.41) is 7.30. The second kappa shape index (κ2) is 5.63. The fourth-order valence-electron chi connectivity index (χ4n) is 3.37. The van der Waals surface area contributed by atoms with Gasteiger partial charge in [0.15, 0.2) is 5.69 Å². The number of hydrogen-bond acceptors (Lipinski definition) is 3. The van der Waals surface area contributed by atoms with Gasteiger partial charge in [-0.25, -0.2) is 4.52 Å². The average Bonchev–Trinajstić information content (AvgIpc) is 3.00. The van der Waals surface area contributed by atoms with Crippen molar-refractivity contribution in [1.29, 1.82) is 0 Å². The molecule has 1 amide bonds. The van der Waals surface area contributed by atoms with Crippen LogP contribution in [0.25, 0.3) is 5.52 Å². The zero-order valence-electron chi connectivity index (χ0n) is 13.4. The third-order valence-electron chi connectivity index (χ3n) is 4.50. The molecule has 0 saturated heterocycles. The third-order valence-corrected chi connectivity index (χ3v) is 4.50. The predicted octanol–water partition coefficient (Wildman–Crippen LogP) is 2.14. The number of fused-ring (bicyclic) bond motifs is 2. The molecule has 1 aromatic carbocycles. The van der Waals surface area contributed by atoms with Crippen LogP contribution in [0.1, 0.15) is 46.2 Å². The number of aromatic amines is 1. The van der Waals surface area contributed by atoms with Crippen LogP contribution in [0.5, 0.6) is 0 Å². The molecule has 0 saturated carbocycles. The highest BCUT2D eigenvalue weighted by atomic mass is 16.2. The van der Waals surface area contributed by atoms with Gasteiger partial charge in [-0.2, -0.15) is 5.10 Å². The number of carbonyl (C=O) groups is 1. The number of amides is 1. The lowest BCUT2D eigenvalue weighted by atomic mass is 9.88. The lowest BCUT2D eigenvalue weighted by Gasteiger charge is -2.26. The molecule has 2 heterocycles. The summed E-state index contributed by atoms with van der Waals surface area (Å²) in [6, 6.07) is 9.73. The predicted molar refractivity (Wildman–Crippen MR) is 90.1 cm³/mol. The molecule has 0 fully saturated rings. The van der Waals surface area contributed by atoms with E-state index in [1.165, 1.54) is 21.7 Å². The summed E-state index contributed by atoms with van der Waals surface area (Å²) in [5.41, 5.74) is 3.54. The van der Waals surface area contributed by atoms with Gasteiger partial charge >= 0.3 is 0 Å². The van der Waals surface area contributed by atoms with E-state index in [2.05, 4.69) is 27.5 Å². The molecule has 3 aromatic rings. The molecule has 0 aliphatic heterocycles. The number of H-pyrrole nitrogens is 1. The number of hydrogen-bond donors (Lipinski definition) is 2. The monoisotopic (exact) mass is 322 g/mol. The highest BCUT2D eigenvalue weighted by molar-refractivity contribution is 5.93. The van der Waals surface area contributed by atoms with Gasteiger partial charge in [0, 0.05) is 18.0 Å². The summed E-state index contributed by atoms with van der Waals surface area (Å²) >= 11 is 0. The Kier molecular flexibility index (Phi) is 3.45. The zero-order valence-corrected chi connectivity index (χ0v) is 13.4. The van der Waals surface area contributed by atoms with E-state index in [0.717, 1.165) is 19.3 Å². The molecule has 0 radical (unpaired) electrons. The molecular formula is C18H18N4O2. The van der Waals surface area contributed by atoms with Crippen molar-refractivity contribution in [3.63, 3.8) is 0 Å². The molecule has 6 heteroatoms. The van der Waals surface area contributed by atoms with Crippen LogP contribution in [0.4, 0.5) is 0 Å². The van der Waals surface area contributed by atoms with E-state index in [9.17, 15) is 9.59 Å². The Bertz CT molecular complexity index is 986. The second-order valence-corrected chi connectivity index (χ2v) is 6.24. The maximum absolute atomic E-state index is 12.6. The van der Waals surface area contributed by atoms with E-state index < -0.39 is 0 Å². The van der Waals surface area contributed by atoms with Gasteiger partial charge in [-0.15, -0.1) is 0 Å². The first-order chi connectivity index (χ1) is 11.6. The lowest BCUT2D eigenvalue weighted by molar-refractivity contribution is 0.0927. The molecular weight excluding hydrogens is 304 g/mol. The number of nitrogens with one attached hydrogen (secondary N) is 2. The Morgan fingerprint density at radius 1 is 1.38 bits per heavy atom. The minimum absolute atomic E-state index is 0.00715. The van der Waals surface area contributed by atoms with Crippen molar-refractivity contribution < 1.29 is 4.79 Å². The summed E-state index contributed by atoms with van der Waals surface area (Å²) in [6.45, 7) is 1.78. The fraction of sp³-hybridized carbons (Fsp3) is 0.278. The zero-order chi connectivity index (χ0) is 16.7. The molecule has 6 nitrogen and oxygen atoms in total. The summed E-state index contributed by atoms with van der Waals surface area (Å²) < 4.78 is 1.46. The van der Waals surface area contributed by atoms with Gasteiger partial charge < -0.3 is 10.3 Å². The second-order valence-electron chi connectivity index (χ2n) is 6.24. The largest absolute Gasteiger partial charge is 0.344 e. The van der Waals surface area contributed by atoms with Crippen LogP contribution in [-0.2, 0) is 6.42 Å². The first kappa shape index (κ1) is 14.7. The number of benzene rings is 1. The van der Waals surface area contributed by atoms with Gasteiger partial charge in [-0.3, -0.25) is 9.59 Å². The number of rotatable bonds is 2. The molecule has 24 heavy (non-hydrogen) atoms. The quantitative estimate of drug-likeness (QED) is 0.758. The van der Waals surface area contributed by atoms with Crippen LogP contribution in [0, 0.1) is 6.92 Å². The molecule has 1 aliphatic rings. The number of carbonyl (C=O) groups excluding carboxylic acids is 1. The van der Waals surface area contributed by atoms with Crippen LogP contribution >= 0.6 is 0 Å². The third kappa shape index (κ3) is 2.50. The standard InChI is InChI=1S/C18H18N4O2/c1-11-10-22-16(18(24)19-11)9-15(21-22)17(23)20-14-8-4-6-12-5-2-3-7-13(12)14/h2-3,5,7,9-10,14H,4,6,8H2,1H3,(H,19,24)(H,20,23)/t14-/m0/s1. The van der Waals surface area contributed by atoms with Gasteiger partial charge in [0.25, 0.3) is 11.5 Å². The van der Waals surface area contributed by atoms with Crippen LogP contribution in [0.15, 0.2) is 41.3 Å². The summed E-state index contributed by atoms with van der Waals surface area (Å²) in [4.78, 5) is 27.2. The van der Waals surface area contributed by atoms with E-state index >= 15 is 0 Å². The maximum Gasteiger partial charge on any atom is 0.274 e. The molecule has 4 rings (SSSR count). The number of nitrogens with zero attached hydrogens (tertiary/aromatic N) is 2. The smallest absolute Gasteiger partial charge is 0.274 e. The maximum atomic E-state index is 12.6. The molecule has 1 aliphatic carbocycles. The van der Waals surface area contributed by atoms with Gasteiger partial charge in [-0.1, -0.05) is 24.3 Å².